The Labute approximate surface area is 121 Å². The second kappa shape index (κ2) is 6.98. The first kappa shape index (κ1) is 13.7. The third-order valence-electron chi connectivity index (χ3n) is 2.26. The SMILES string of the molecule is C#CCSc1nccc(/C=C/c2ccc(Cl)cc2)n1. The molecule has 0 aliphatic heterocycles. The summed E-state index contributed by atoms with van der Waals surface area (Å²) in [6.45, 7) is 0. The molecule has 1 aromatic carbocycles. The van der Waals surface area contributed by atoms with Crippen LogP contribution >= 0.6 is 23.4 Å². The van der Waals surface area contributed by atoms with Crippen molar-refractivity contribution in [2.24, 2.45) is 0 Å². The van der Waals surface area contributed by atoms with Crippen molar-refractivity contribution in [3.63, 3.8) is 0 Å². The van der Waals surface area contributed by atoms with E-state index in [1.54, 1.807) is 6.20 Å². The predicted octanol–water partition coefficient (Wildman–Crippen LogP) is 4.03. The van der Waals surface area contributed by atoms with E-state index >= 15 is 0 Å². The number of nitrogens with zero attached hydrogens (tertiary/aromatic N) is 2. The molecule has 19 heavy (non-hydrogen) atoms. The average molecular weight is 287 g/mol. The Bertz CT molecular complexity index is 615. The van der Waals surface area contributed by atoms with E-state index in [2.05, 4.69) is 15.9 Å². The van der Waals surface area contributed by atoms with Gasteiger partial charge in [0, 0.05) is 11.2 Å². The normalized spacial score (nSPS) is 10.5. The zero-order valence-corrected chi connectivity index (χ0v) is 11.7. The Morgan fingerprint density at radius 3 is 2.74 bits per heavy atom. The Balaban J connectivity index is 2.10. The van der Waals surface area contributed by atoms with Gasteiger partial charge in [0.25, 0.3) is 0 Å². The molecule has 0 radical (unpaired) electrons. The van der Waals surface area contributed by atoms with Crippen LogP contribution in [0, 0.1) is 12.3 Å². The molecule has 0 bridgehead atoms. The minimum Gasteiger partial charge on any atom is -0.231 e. The lowest BCUT2D eigenvalue weighted by Gasteiger charge is -1.98. The van der Waals surface area contributed by atoms with Crippen molar-refractivity contribution in [3.8, 4) is 12.3 Å². The predicted molar refractivity (Wildman–Crippen MR) is 82.0 cm³/mol. The third kappa shape index (κ3) is 4.44. The Hall–Kier alpha value is -1.76. The van der Waals surface area contributed by atoms with Crippen molar-refractivity contribution < 1.29 is 0 Å². The molecular formula is C15H11ClN2S. The molecule has 0 saturated carbocycles. The number of aromatic nitrogens is 2. The van der Waals surface area contributed by atoms with Gasteiger partial charge < -0.3 is 0 Å². The van der Waals surface area contributed by atoms with Gasteiger partial charge in [-0.25, -0.2) is 9.97 Å². The monoisotopic (exact) mass is 286 g/mol. The fraction of sp³-hybridized carbons (Fsp3) is 0.0667. The van der Waals surface area contributed by atoms with Crippen LogP contribution in [0.1, 0.15) is 11.3 Å². The topological polar surface area (TPSA) is 25.8 Å². The van der Waals surface area contributed by atoms with Crippen molar-refractivity contribution in [3.05, 3.63) is 52.8 Å². The number of hydrogen-bond acceptors (Lipinski definition) is 3. The molecule has 0 atom stereocenters. The maximum absolute atomic E-state index is 5.83. The smallest absolute Gasteiger partial charge is 0.188 e. The molecule has 94 valence electrons. The summed E-state index contributed by atoms with van der Waals surface area (Å²) in [7, 11) is 0. The van der Waals surface area contributed by atoms with Crippen LogP contribution in [0.25, 0.3) is 12.2 Å². The lowest BCUT2D eigenvalue weighted by atomic mass is 10.2. The van der Waals surface area contributed by atoms with Gasteiger partial charge in [0.05, 0.1) is 11.4 Å². The summed E-state index contributed by atoms with van der Waals surface area (Å²) < 4.78 is 0. The number of halogens is 1. The average Bonchev–Trinajstić information content (AvgIpc) is 2.45. The number of benzene rings is 1. The zero-order valence-electron chi connectivity index (χ0n) is 10.1. The molecular weight excluding hydrogens is 276 g/mol. The molecule has 0 unspecified atom stereocenters. The lowest BCUT2D eigenvalue weighted by Crippen LogP contribution is -1.88. The maximum Gasteiger partial charge on any atom is 0.188 e. The highest BCUT2D eigenvalue weighted by atomic mass is 35.5. The Morgan fingerprint density at radius 2 is 2.00 bits per heavy atom. The maximum atomic E-state index is 5.83. The van der Waals surface area contributed by atoms with Crippen LogP contribution in [0.3, 0.4) is 0 Å². The molecule has 0 N–H and O–H groups in total. The summed E-state index contributed by atoms with van der Waals surface area (Å²) in [4.78, 5) is 8.53. The summed E-state index contributed by atoms with van der Waals surface area (Å²) in [5.41, 5.74) is 1.92. The van der Waals surface area contributed by atoms with E-state index in [-0.39, 0.29) is 0 Å². The van der Waals surface area contributed by atoms with Crippen LogP contribution in [-0.4, -0.2) is 15.7 Å². The third-order valence-corrected chi connectivity index (χ3v) is 3.27. The fourth-order valence-corrected chi connectivity index (χ4v) is 2.02. The highest BCUT2D eigenvalue weighted by molar-refractivity contribution is 7.99. The molecule has 2 aromatic rings. The largest absolute Gasteiger partial charge is 0.231 e. The lowest BCUT2D eigenvalue weighted by molar-refractivity contribution is 0.960. The van der Waals surface area contributed by atoms with Crippen LogP contribution in [-0.2, 0) is 0 Å². The van der Waals surface area contributed by atoms with Crippen molar-refractivity contribution in [2.45, 2.75) is 5.16 Å². The van der Waals surface area contributed by atoms with Gasteiger partial charge in [-0.3, -0.25) is 0 Å². The summed E-state index contributed by atoms with van der Waals surface area (Å²) >= 11 is 7.28. The van der Waals surface area contributed by atoms with E-state index in [1.807, 2.05) is 42.5 Å². The number of thioether (sulfide) groups is 1. The highest BCUT2D eigenvalue weighted by Gasteiger charge is 1.97. The highest BCUT2D eigenvalue weighted by Crippen LogP contribution is 2.14. The number of terminal acetylenes is 1. The van der Waals surface area contributed by atoms with E-state index < -0.39 is 0 Å². The molecule has 2 rings (SSSR count). The minimum absolute atomic E-state index is 0.574. The van der Waals surface area contributed by atoms with Crippen LogP contribution in [0.2, 0.25) is 5.02 Å². The van der Waals surface area contributed by atoms with Gasteiger partial charge in [0.2, 0.25) is 0 Å². The summed E-state index contributed by atoms with van der Waals surface area (Å²) in [5, 5.41) is 1.42. The van der Waals surface area contributed by atoms with E-state index in [1.165, 1.54) is 11.8 Å². The second-order valence-corrected chi connectivity index (χ2v) is 5.02. The first-order valence-electron chi connectivity index (χ1n) is 5.61. The second-order valence-electron chi connectivity index (χ2n) is 3.64. The summed E-state index contributed by atoms with van der Waals surface area (Å²) in [6, 6.07) is 9.47. The van der Waals surface area contributed by atoms with E-state index in [0.29, 0.717) is 10.9 Å². The zero-order chi connectivity index (χ0) is 13.5. The van der Waals surface area contributed by atoms with Gasteiger partial charge in [0.15, 0.2) is 5.16 Å². The standard InChI is InChI=1S/C15H11ClN2S/c1-2-11-19-15-17-10-9-14(18-15)8-5-12-3-6-13(16)7-4-12/h1,3-10H,11H2/b8-5+. The van der Waals surface area contributed by atoms with E-state index in [0.717, 1.165) is 16.3 Å². The molecule has 0 aliphatic carbocycles. The summed E-state index contributed by atoms with van der Waals surface area (Å²) in [5.74, 6) is 3.12. The van der Waals surface area contributed by atoms with Gasteiger partial charge in [-0.2, -0.15) is 0 Å². The van der Waals surface area contributed by atoms with Gasteiger partial charge in [0.1, 0.15) is 0 Å². The quantitative estimate of drug-likeness (QED) is 0.482. The first-order valence-corrected chi connectivity index (χ1v) is 6.97. The van der Waals surface area contributed by atoms with Crippen molar-refractivity contribution in [2.75, 3.05) is 5.75 Å². The van der Waals surface area contributed by atoms with Crippen LogP contribution < -0.4 is 0 Å². The minimum atomic E-state index is 0.574. The Morgan fingerprint density at radius 1 is 1.21 bits per heavy atom. The molecule has 1 aromatic heterocycles. The molecule has 0 amide bonds. The molecule has 1 heterocycles. The van der Waals surface area contributed by atoms with Gasteiger partial charge in [-0.05, 0) is 29.8 Å². The fourth-order valence-electron chi connectivity index (χ4n) is 1.38. The van der Waals surface area contributed by atoms with Gasteiger partial charge in [-0.15, -0.1) is 6.42 Å². The van der Waals surface area contributed by atoms with Crippen LogP contribution in [0.4, 0.5) is 0 Å². The Kier molecular flexibility index (Phi) is 5.02. The van der Waals surface area contributed by atoms with Crippen molar-refractivity contribution in [1.29, 1.82) is 0 Å². The molecule has 0 aliphatic rings. The molecule has 0 fully saturated rings. The first-order chi connectivity index (χ1) is 9.28. The molecule has 2 nitrogen and oxygen atoms in total. The van der Waals surface area contributed by atoms with Crippen LogP contribution in [0.15, 0.2) is 41.7 Å². The van der Waals surface area contributed by atoms with Crippen molar-refractivity contribution >= 4 is 35.5 Å². The summed E-state index contributed by atoms with van der Waals surface area (Å²) in [6.07, 6.45) is 10.9. The van der Waals surface area contributed by atoms with Gasteiger partial charge in [-0.1, -0.05) is 47.5 Å². The van der Waals surface area contributed by atoms with Crippen LogP contribution in [0.5, 0.6) is 0 Å². The van der Waals surface area contributed by atoms with Gasteiger partial charge >= 0.3 is 0 Å². The number of rotatable bonds is 4. The molecule has 0 saturated heterocycles. The molecule has 4 heteroatoms. The molecule has 0 spiro atoms. The van der Waals surface area contributed by atoms with E-state index in [4.69, 9.17) is 18.0 Å². The van der Waals surface area contributed by atoms with Crippen molar-refractivity contribution in [1.82, 2.24) is 9.97 Å². The number of hydrogen-bond donors (Lipinski definition) is 0. The van der Waals surface area contributed by atoms with E-state index in [9.17, 15) is 0 Å².